The van der Waals surface area contributed by atoms with Gasteiger partial charge in [0, 0.05) is 17.8 Å². The van der Waals surface area contributed by atoms with Crippen LogP contribution in [-0.2, 0) is 6.54 Å². The molecule has 0 saturated carbocycles. The molecule has 1 atom stereocenters. The second-order valence-corrected chi connectivity index (χ2v) is 5.86. The van der Waals surface area contributed by atoms with Crippen molar-refractivity contribution in [2.45, 2.75) is 26.4 Å². The molecule has 0 aliphatic heterocycles. The monoisotopic (exact) mass is 284 g/mol. The van der Waals surface area contributed by atoms with Gasteiger partial charge in [-0.2, -0.15) is 0 Å². The maximum absolute atomic E-state index is 9.98. The molecular formula is C18H24N2O. The molecule has 0 aromatic heterocycles. The second-order valence-electron chi connectivity index (χ2n) is 5.86. The fourth-order valence-corrected chi connectivity index (χ4v) is 2.42. The number of phenolic OH excluding ortho intramolecular Hbond substituents is 1. The third-order valence-electron chi connectivity index (χ3n) is 3.49. The van der Waals surface area contributed by atoms with Crippen molar-refractivity contribution in [1.29, 1.82) is 0 Å². The normalized spacial score (nSPS) is 12.4. The van der Waals surface area contributed by atoms with Crippen molar-refractivity contribution >= 4 is 5.69 Å². The number of aromatic hydroxyl groups is 1. The molecule has 0 aliphatic carbocycles. The summed E-state index contributed by atoms with van der Waals surface area (Å²) in [7, 11) is 4.13. The van der Waals surface area contributed by atoms with Crippen LogP contribution in [0, 0.1) is 6.92 Å². The SMILES string of the molecule is Cc1ccc(O)c(C(C)Nc2ccc(CN(C)C)cc2)c1. The zero-order chi connectivity index (χ0) is 15.4. The van der Waals surface area contributed by atoms with Gasteiger partial charge in [-0.05, 0) is 51.7 Å². The van der Waals surface area contributed by atoms with Gasteiger partial charge < -0.3 is 15.3 Å². The summed E-state index contributed by atoms with van der Waals surface area (Å²) in [6.07, 6.45) is 0. The number of hydrogen-bond donors (Lipinski definition) is 2. The van der Waals surface area contributed by atoms with Crippen LogP contribution < -0.4 is 5.32 Å². The number of nitrogens with one attached hydrogen (secondary N) is 1. The van der Waals surface area contributed by atoms with Crippen LogP contribution in [0.3, 0.4) is 0 Å². The van der Waals surface area contributed by atoms with E-state index < -0.39 is 0 Å². The standard InChI is InChI=1S/C18H24N2O/c1-13-5-10-18(21)17(11-13)14(2)19-16-8-6-15(7-9-16)12-20(3)4/h5-11,14,19,21H,12H2,1-4H3. The zero-order valence-corrected chi connectivity index (χ0v) is 13.2. The van der Waals surface area contributed by atoms with Crippen molar-refractivity contribution in [1.82, 2.24) is 4.90 Å². The third-order valence-corrected chi connectivity index (χ3v) is 3.49. The molecule has 2 aromatic carbocycles. The van der Waals surface area contributed by atoms with Gasteiger partial charge in [-0.25, -0.2) is 0 Å². The van der Waals surface area contributed by atoms with E-state index >= 15 is 0 Å². The minimum absolute atomic E-state index is 0.0598. The first-order valence-corrected chi connectivity index (χ1v) is 7.25. The Bertz CT molecular complexity index is 591. The summed E-state index contributed by atoms with van der Waals surface area (Å²) >= 11 is 0. The lowest BCUT2D eigenvalue weighted by molar-refractivity contribution is 0.402. The van der Waals surface area contributed by atoms with Crippen LogP contribution in [0.2, 0.25) is 0 Å². The molecule has 0 aliphatic rings. The van der Waals surface area contributed by atoms with E-state index in [2.05, 4.69) is 55.5 Å². The minimum atomic E-state index is 0.0598. The van der Waals surface area contributed by atoms with Crippen molar-refractivity contribution in [3.8, 4) is 5.75 Å². The highest BCUT2D eigenvalue weighted by atomic mass is 16.3. The van der Waals surface area contributed by atoms with Crippen LogP contribution in [0.4, 0.5) is 5.69 Å². The number of anilines is 1. The predicted molar refractivity (Wildman–Crippen MR) is 88.7 cm³/mol. The molecule has 0 radical (unpaired) electrons. The zero-order valence-electron chi connectivity index (χ0n) is 13.2. The number of aryl methyl sites for hydroxylation is 1. The maximum atomic E-state index is 9.98. The van der Waals surface area contributed by atoms with E-state index in [0.717, 1.165) is 23.4 Å². The first kappa shape index (κ1) is 15.4. The molecule has 2 N–H and O–H groups in total. The van der Waals surface area contributed by atoms with Gasteiger partial charge in [0.05, 0.1) is 6.04 Å². The number of benzene rings is 2. The number of rotatable bonds is 5. The summed E-state index contributed by atoms with van der Waals surface area (Å²) in [6, 6.07) is 14.2. The number of hydrogen-bond acceptors (Lipinski definition) is 3. The van der Waals surface area contributed by atoms with Crippen molar-refractivity contribution in [3.05, 3.63) is 59.2 Å². The average Bonchev–Trinajstić information content (AvgIpc) is 2.43. The fraction of sp³-hybridized carbons (Fsp3) is 0.333. The van der Waals surface area contributed by atoms with E-state index in [1.807, 2.05) is 19.1 Å². The van der Waals surface area contributed by atoms with E-state index in [0.29, 0.717) is 5.75 Å². The van der Waals surface area contributed by atoms with Gasteiger partial charge in [0.25, 0.3) is 0 Å². The summed E-state index contributed by atoms with van der Waals surface area (Å²) in [5.41, 5.74) is 4.42. The second kappa shape index (κ2) is 6.64. The Labute approximate surface area is 127 Å². The van der Waals surface area contributed by atoms with E-state index in [9.17, 15) is 5.11 Å². The largest absolute Gasteiger partial charge is 0.508 e. The van der Waals surface area contributed by atoms with Crippen LogP contribution in [0.15, 0.2) is 42.5 Å². The maximum Gasteiger partial charge on any atom is 0.120 e. The molecular weight excluding hydrogens is 260 g/mol. The first-order valence-electron chi connectivity index (χ1n) is 7.25. The predicted octanol–water partition coefficient (Wildman–Crippen LogP) is 3.94. The molecule has 3 nitrogen and oxygen atoms in total. The fourth-order valence-electron chi connectivity index (χ4n) is 2.42. The third kappa shape index (κ3) is 4.23. The van der Waals surface area contributed by atoms with Crippen LogP contribution in [0.1, 0.15) is 29.7 Å². The molecule has 112 valence electrons. The molecule has 1 unspecified atom stereocenters. The van der Waals surface area contributed by atoms with Gasteiger partial charge in [-0.15, -0.1) is 0 Å². The van der Waals surface area contributed by atoms with Crippen LogP contribution >= 0.6 is 0 Å². The highest BCUT2D eigenvalue weighted by molar-refractivity contribution is 5.49. The Balaban J connectivity index is 2.08. The minimum Gasteiger partial charge on any atom is -0.508 e. The molecule has 2 rings (SSSR count). The van der Waals surface area contributed by atoms with Gasteiger partial charge in [0.1, 0.15) is 5.75 Å². The van der Waals surface area contributed by atoms with Crippen molar-refractivity contribution < 1.29 is 5.11 Å². The van der Waals surface area contributed by atoms with Crippen molar-refractivity contribution in [3.63, 3.8) is 0 Å². The smallest absolute Gasteiger partial charge is 0.120 e. The Hall–Kier alpha value is -2.00. The lowest BCUT2D eigenvalue weighted by Gasteiger charge is -2.18. The number of phenols is 1. The van der Waals surface area contributed by atoms with E-state index in [1.165, 1.54) is 5.56 Å². The number of nitrogens with zero attached hydrogens (tertiary/aromatic N) is 1. The Morgan fingerprint density at radius 1 is 1.10 bits per heavy atom. The molecule has 0 heterocycles. The summed E-state index contributed by atoms with van der Waals surface area (Å²) in [4.78, 5) is 2.15. The van der Waals surface area contributed by atoms with E-state index in [4.69, 9.17) is 0 Å². The molecule has 0 bridgehead atoms. The Morgan fingerprint density at radius 2 is 1.76 bits per heavy atom. The molecule has 0 spiro atoms. The van der Waals surface area contributed by atoms with Crippen molar-refractivity contribution in [2.24, 2.45) is 0 Å². The van der Waals surface area contributed by atoms with E-state index in [-0.39, 0.29) is 6.04 Å². The topological polar surface area (TPSA) is 35.5 Å². The van der Waals surface area contributed by atoms with E-state index in [1.54, 1.807) is 6.07 Å². The highest BCUT2D eigenvalue weighted by Gasteiger charge is 2.10. The van der Waals surface area contributed by atoms with Gasteiger partial charge in [-0.3, -0.25) is 0 Å². The summed E-state index contributed by atoms with van der Waals surface area (Å²) in [5, 5.41) is 13.4. The lowest BCUT2D eigenvalue weighted by Crippen LogP contribution is -2.11. The molecule has 0 amide bonds. The molecule has 21 heavy (non-hydrogen) atoms. The summed E-state index contributed by atoms with van der Waals surface area (Å²) in [5.74, 6) is 0.338. The molecule has 2 aromatic rings. The highest BCUT2D eigenvalue weighted by Crippen LogP contribution is 2.27. The summed E-state index contributed by atoms with van der Waals surface area (Å²) in [6.45, 7) is 5.03. The molecule has 0 saturated heterocycles. The Kier molecular flexibility index (Phi) is 4.86. The quantitative estimate of drug-likeness (QED) is 0.873. The lowest BCUT2D eigenvalue weighted by atomic mass is 10.0. The average molecular weight is 284 g/mol. The Morgan fingerprint density at radius 3 is 2.38 bits per heavy atom. The van der Waals surface area contributed by atoms with Crippen LogP contribution in [0.5, 0.6) is 5.75 Å². The van der Waals surface area contributed by atoms with Crippen molar-refractivity contribution in [2.75, 3.05) is 19.4 Å². The first-order chi connectivity index (χ1) is 9.95. The van der Waals surface area contributed by atoms with Gasteiger partial charge >= 0.3 is 0 Å². The van der Waals surface area contributed by atoms with Crippen LogP contribution in [-0.4, -0.2) is 24.1 Å². The van der Waals surface area contributed by atoms with Gasteiger partial charge in [0.15, 0.2) is 0 Å². The van der Waals surface area contributed by atoms with Crippen LogP contribution in [0.25, 0.3) is 0 Å². The van der Waals surface area contributed by atoms with Gasteiger partial charge in [0.2, 0.25) is 0 Å². The summed E-state index contributed by atoms with van der Waals surface area (Å²) < 4.78 is 0. The van der Waals surface area contributed by atoms with Gasteiger partial charge in [-0.1, -0.05) is 29.8 Å². The molecule has 0 fully saturated rings. The molecule has 3 heteroatoms.